The Hall–Kier alpha value is -2.43. The molecule has 0 saturated heterocycles. The van der Waals surface area contributed by atoms with Crippen molar-refractivity contribution in [1.29, 1.82) is 5.41 Å². The fourth-order valence-corrected chi connectivity index (χ4v) is 1.49. The van der Waals surface area contributed by atoms with E-state index in [0.29, 0.717) is 5.56 Å². The Morgan fingerprint density at radius 3 is 2.76 bits per heavy atom. The predicted octanol–water partition coefficient (Wildman–Crippen LogP) is 1.53. The van der Waals surface area contributed by atoms with Crippen LogP contribution in [-0.4, -0.2) is 23.1 Å². The van der Waals surface area contributed by atoms with Crippen molar-refractivity contribution in [3.8, 4) is 0 Å². The summed E-state index contributed by atoms with van der Waals surface area (Å²) in [6, 6.07) is 11.1. The number of amidine groups is 1. The number of hydrogen-bond donors (Lipinski definition) is 2. The fourth-order valence-electron chi connectivity index (χ4n) is 1.49. The number of nitrogen functional groups attached to an aromatic ring is 1. The van der Waals surface area contributed by atoms with Crippen molar-refractivity contribution >= 4 is 17.3 Å². The number of anilines is 2. The van der Waals surface area contributed by atoms with Gasteiger partial charge in [0.05, 0.1) is 0 Å². The molecule has 17 heavy (non-hydrogen) atoms. The summed E-state index contributed by atoms with van der Waals surface area (Å²) in [5, 5.41) is 15.3. The minimum Gasteiger partial charge on any atom is -0.384 e. The van der Waals surface area contributed by atoms with Crippen LogP contribution in [0.2, 0.25) is 0 Å². The first-order valence-corrected chi connectivity index (χ1v) is 5.14. The van der Waals surface area contributed by atoms with E-state index < -0.39 is 0 Å². The van der Waals surface area contributed by atoms with E-state index in [1.807, 2.05) is 42.3 Å². The van der Waals surface area contributed by atoms with E-state index in [9.17, 15) is 0 Å². The van der Waals surface area contributed by atoms with Crippen LogP contribution in [0.3, 0.4) is 0 Å². The Kier molecular flexibility index (Phi) is 3.00. The number of nitrogens with two attached hydrogens (primary N) is 1. The number of rotatable bonds is 3. The molecule has 3 N–H and O–H groups in total. The molecule has 0 unspecified atom stereocenters. The Balaban J connectivity index is 2.34. The molecule has 0 aliphatic carbocycles. The molecular formula is C12H13N5. The van der Waals surface area contributed by atoms with Crippen molar-refractivity contribution in [3.63, 3.8) is 0 Å². The summed E-state index contributed by atoms with van der Waals surface area (Å²) in [6.45, 7) is 0. The molecule has 0 saturated carbocycles. The van der Waals surface area contributed by atoms with Crippen LogP contribution in [0.1, 0.15) is 5.56 Å². The van der Waals surface area contributed by atoms with Crippen LogP contribution in [0.25, 0.3) is 0 Å². The zero-order valence-corrected chi connectivity index (χ0v) is 9.46. The van der Waals surface area contributed by atoms with Crippen LogP contribution < -0.4 is 10.6 Å². The molecule has 86 valence electrons. The van der Waals surface area contributed by atoms with Gasteiger partial charge >= 0.3 is 0 Å². The third kappa shape index (κ3) is 2.39. The lowest BCUT2D eigenvalue weighted by Gasteiger charge is -2.18. The molecule has 1 aromatic heterocycles. The first-order chi connectivity index (χ1) is 8.18. The largest absolute Gasteiger partial charge is 0.384 e. The van der Waals surface area contributed by atoms with Crippen LogP contribution in [0.5, 0.6) is 0 Å². The predicted molar refractivity (Wildman–Crippen MR) is 67.6 cm³/mol. The van der Waals surface area contributed by atoms with Crippen LogP contribution in [0.15, 0.2) is 42.6 Å². The Bertz CT molecular complexity index is 523. The average Bonchev–Trinajstić information content (AvgIpc) is 2.39. The molecule has 5 nitrogen and oxygen atoms in total. The maximum Gasteiger partial charge on any atom is 0.155 e. The van der Waals surface area contributed by atoms with E-state index in [0.717, 1.165) is 11.5 Å². The van der Waals surface area contributed by atoms with Crippen LogP contribution in [0.4, 0.5) is 11.5 Å². The molecule has 0 atom stereocenters. The van der Waals surface area contributed by atoms with Crippen molar-refractivity contribution in [2.24, 2.45) is 5.73 Å². The second-order valence-corrected chi connectivity index (χ2v) is 3.60. The average molecular weight is 227 g/mol. The maximum absolute atomic E-state index is 7.41. The molecule has 1 heterocycles. The van der Waals surface area contributed by atoms with Crippen molar-refractivity contribution in [2.75, 3.05) is 11.9 Å². The lowest BCUT2D eigenvalue weighted by molar-refractivity contribution is 0.987. The molecule has 0 bridgehead atoms. The van der Waals surface area contributed by atoms with Crippen LogP contribution in [-0.2, 0) is 0 Å². The summed E-state index contributed by atoms with van der Waals surface area (Å²) in [4.78, 5) is 1.89. The highest BCUT2D eigenvalue weighted by molar-refractivity contribution is 5.95. The summed E-state index contributed by atoms with van der Waals surface area (Å²) < 4.78 is 0. The van der Waals surface area contributed by atoms with E-state index in [1.165, 1.54) is 0 Å². The maximum atomic E-state index is 7.41. The normalized spacial score (nSPS) is 9.94. The quantitative estimate of drug-likeness (QED) is 0.615. The second kappa shape index (κ2) is 4.61. The van der Waals surface area contributed by atoms with E-state index in [1.54, 1.807) is 12.3 Å². The minimum atomic E-state index is 0.0550. The number of aromatic nitrogens is 2. The summed E-state index contributed by atoms with van der Waals surface area (Å²) >= 11 is 0. The van der Waals surface area contributed by atoms with E-state index in [-0.39, 0.29) is 5.84 Å². The number of benzene rings is 1. The summed E-state index contributed by atoms with van der Waals surface area (Å²) in [6.07, 6.45) is 1.63. The van der Waals surface area contributed by atoms with Gasteiger partial charge in [0.1, 0.15) is 5.84 Å². The zero-order chi connectivity index (χ0) is 12.3. The molecule has 0 radical (unpaired) electrons. The molecule has 2 aromatic rings. The third-order valence-electron chi connectivity index (χ3n) is 2.45. The van der Waals surface area contributed by atoms with Gasteiger partial charge in [-0.05, 0) is 24.3 Å². The van der Waals surface area contributed by atoms with Gasteiger partial charge in [0.2, 0.25) is 0 Å². The fraction of sp³-hybridized carbons (Fsp3) is 0.0833. The molecule has 0 amide bonds. The third-order valence-corrected chi connectivity index (χ3v) is 2.45. The Morgan fingerprint density at radius 1 is 1.29 bits per heavy atom. The van der Waals surface area contributed by atoms with E-state index in [4.69, 9.17) is 11.1 Å². The van der Waals surface area contributed by atoms with Crippen molar-refractivity contribution in [2.45, 2.75) is 0 Å². The van der Waals surface area contributed by atoms with E-state index >= 15 is 0 Å². The van der Waals surface area contributed by atoms with Gasteiger partial charge in [-0.15, -0.1) is 5.10 Å². The highest BCUT2D eigenvalue weighted by Crippen LogP contribution is 2.21. The Labute approximate surface area is 99.4 Å². The molecule has 1 aromatic carbocycles. The van der Waals surface area contributed by atoms with Crippen molar-refractivity contribution < 1.29 is 0 Å². The van der Waals surface area contributed by atoms with Crippen LogP contribution >= 0.6 is 0 Å². The standard InChI is InChI=1S/C12H13N5/c1-17(11-6-3-7-15-16-11)10-5-2-4-9(8-10)12(13)14/h2-8H,1H3,(H3,13,14). The first-order valence-electron chi connectivity index (χ1n) is 5.14. The topological polar surface area (TPSA) is 78.9 Å². The lowest BCUT2D eigenvalue weighted by atomic mass is 10.2. The van der Waals surface area contributed by atoms with E-state index in [2.05, 4.69) is 10.2 Å². The monoisotopic (exact) mass is 227 g/mol. The number of hydrogen-bond acceptors (Lipinski definition) is 4. The summed E-state index contributed by atoms with van der Waals surface area (Å²) in [5.74, 6) is 0.799. The first kappa shape index (κ1) is 11.1. The SMILES string of the molecule is CN(c1cccc(C(=N)N)c1)c1cccnn1. The summed E-state index contributed by atoms with van der Waals surface area (Å²) in [7, 11) is 1.89. The highest BCUT2D eigenvalue weighted by atomic mass is 15.2. The van der Waals surface area contributed by atoms with Crippen molar-refractivity contribution in [3.05, 3.63) is 48.2 Å². The summed E-state index contributed by atoms with van der Waals surface area (Å²) in [5.41, 5.74) is 7.07. The van der Waals surface area contributed by atoms with Gasteiger partial charge in [-0.2, -0.15) is 5.10 Å². The van der Waals surface area contributed by atoms with Crippen molar-refractivity contribution in [1.82, 2.24) is 10.2 Å². The highest BCUT2D eigenvalue weighted by Gasteiger charge is 2.06. The molecule has 0 aliphatic heterocycles. The Morgan fingerprint density at radius 2 is 2.12 bits per heavy atom. The molecule has 0 spiro atoms. The van der Waals surface area contributed by atoms with Gasteiger partial charge in [-0.3, -0.25) is 5.41 Å². The van der Waals surface area contributed by atoms with Gasteiger partial charge in [0.25, 0.3) is 0 Å². The van der Waals surface area contributed by atoms with Gasteiger partial charge < -0.3 is 10.6 Å². The molecule has 0 fully saturated rings. The van der Waals surface area contributed by atoms with Gasteiger partial charge in [0, 0.05) is 24.5 Å². The molecule has 5 heteroatoms. The minimum absolute atomic E-state index is 0.0550. The molecule has 2 rings (SSSR count). The smallest absolute Gasteiger partial charge is 0.155 e. The van der Waals surface area contributed by atoms with Gasteiger partial charge in [-0.1, -0.05) is 12.1 Å². The van der Waals surface area contributed by atoms with Gasteiger partial charge in [-0.25, -0.2) is 0 Å². The molecule has 0 aliphatic rings. The second-order valence-electron chi connectivity index (χ2n) is 3.60. The number of nitrogens with one attached hydrogen (secondary N) is 1. The van der Waals surface area contributed by atoms with Gasteiger partial charge in [0.15, 0.2) is 5.82 Å². The lowest BCUT2D eigenvalue weighted by Crippen LogP contribution is -2.14. The zero-order valence-electron chi connectivity index (χ0n) is 9.46. The number of nitrogens with zero attached hydrogens (tertiary/aromatic N) is 3. The molecular weight excluding hydrogens is 214 g/mol. The van der Waals surface area contributed by atoms with Crippen LogP contribution in [0, 0.1) is 5.41 Å².